The molecule has 7 nitrogen and oxygen atoms in total. The zero-order valence-corrected chi connectivity index (χ0v) is 16.5. The standard InChI is InChI=1S/C19H22ClN5O2/c1-11(2)9-24-17(26)15-16(22(4)19(24)27)21-18-23(15)10-12(3)25(18)14-7-5-6-13(20)8-14/h5-8,10-11,15-16H,9H2,1-4H3. The van der Waals surface area contributed by atoms with Crippen LogP contribution in [0.15, 0.2) is 41.2 Å². The van der Waals surface area contributed by atoms with Crippen LogP contribution in [0.25, 0.3) is 0 Å². The van der Waals surface area contributed by atoms with Crippen LogP contribution in [0.1, 0.15) is 20.8 Å². The van der Waals surface area contributed by atoms with Crippen LogP contribution in [-0.2, 0) is 4.79 Å². The van der Waals surface area contributed by atoms with Gasteiger partial charge in [-0.15, -0.1) is 0 Å². The number of rotatable bonds is 3. The normalized spacial score (nSPS) is 24.5. The highest BCUT2D eigenvalue weighted by molar-refractivity contribution is 6.31. The van der Waals surface area contributed by atoms with Gasteiger partial charge >= 0.3 is 6.03 Å². The predicted molar refractivity (Wildman–Crippen MR) is 104 cm³/mol. The average molecular weight is 388 g/mol. The van der Waals surface area contributed by atoms with Gasteiger partial charge in [-0.3, -0.25) is 14.6 Å². The molecule has 3 aliphatic rings. The highest BCUT2D eigenvalue weighted by Crippen LogP contribution is 2.37. The van der Waals surface area contributed by atoms with Crippen LogP contribution >= 0.6 is 11.6 Å². The van der Waals surface area contributed by atoms with E-state index in [0.29, 0.717) is 17.5 Å². The fraction of sp³-hybridized carbons (Fsp3) is 0.421. The fourth-order valence-electron chi connectivity index (χ4n) is 3.82. The van der Waals surface area contributed by atoms with E-state index in [2.05, 4.69) is 0 Å². The molecule has 1 saturated heterocycles. The molecule has 0 aromatic heterocycles. The first kappa shape index (κ1) is 17.9. The highest BCUT2D eigenvalue weighted by Gasteiger charge is 2.54. The maximum absolute atomic E-state index is 13.1. The van der Waals surface area contributed by atoms with Gasteiger partial charge in [0.25, 0.3) is 5.91 Å². The van der Waals surface area contributed by atoms with Gasteiger partial charge in [0.1, 0.15) is 0 Å². The van der Waals surface area contributed by atoms with E-state index in [9.17, 15) is 9.59 Å². The van der Waals surface area contributed by atoms with E-state index >= 15 is 0 Å². The van der Waals surface area contributed by atoms with Crippen LogP contribution in [0.3, 0.4) is 0 Å². The van der Waals surface area contributed by atoms with Gasteiger partial charge in [-0.25, -0.2) is 9.79 Å². The second kappa shape index (κ2) is 6.27. The highest BCUT2D eigenvalue weighted by atomic mass is 35.5. The molecule has 4 rings (SSSR count). The van der Waals surface area contributed by atoms with Gasteiger partial charge < -0.3 is 9.80 Å². The summed E-state index contributed by atoms with van der Waals surface area (Å²) < 4.78 is 0. The van der Waals surface area contributed by atoms with Crippen molar-refractivity contribution in [2.45, 2.75) is 33.0 Å². The van der Waals surface area contributed by atoms with Crippen molar-refractivity contribution >= 4 is 35.2 Å². The molecule has 1 aromatic carbocycles. The van der Waals surface area contributed by atoms with Crippen molar-refractivity contribution < 1.29 is 9.59 Å². The number of carbonyl (C=O) groups is 2. The van der Waals surface area contributed by atoms with E-state index in [1.54, 1.807) is 11.9 Å². The molecule has 0 radical (unpaired) electrons. The Balaban J connectivity index is 1.72. The molecule has 0 aliphatic carbocycles. The third-order valence-electron chi connectivity index (χ3n) is 5.00. The summed E-state index contributed by atoms with van der Waals surface area (Å²) in [4.78, 5) is 37.3. The van der Waals surface area contributed by atoms with E-state index in [-0.39, 0.29) is 17.9 Å². The number of likely N-dealkylation sites (N-methyl/N-ethyl adjacent to an activating group) is 1. The number of allylic oxidation sites excluding steroid dienone is 1. The molecule has 0 bridgehead atoms. The first-order valence-corrected chi connectivity index (χ1v) is 9.36. The van der Waals surface area contributed by atoms with Crippen molar-refractivity contribution in [1.82, 2.24) is 14.7 Å². The van der Waals surface area contributed by atoms with E-state index in [1.807, 2.05) is 61.0 Å². The molecule has 0 N–H and O–H groups in total. The van der Waals surface area contributed by atoms with Crippen molar-refractivity contribution in [3.8, 4) is 0 Å². The van der Waals surface area contributed by atoms with Gasteiger partial charge in [-0.05, 0) is 31.0 Å². The number of fused-ring (bicyclic) bond motifs is 3. The predicted octanol–water partition coefficient (Wildman–Crippen LogP) is 2.94. The number of amides is 3. The number of anilines is 1. The van der Waals surface area contributed by atoms with Crippen molar-refractivity contribution in [3.63, 3.8) is 0 Å². The minimum Gasteiger partial charge on any atom is -0.302 e. The molecule has 1 aromatic rings. The van der Waals surface area contributed by atoms with Crippen LogP contribution in [0, 0.1) is 5.92 Å². The van der Waals surface area contributed by atoms with Crippen LogP contribution < -0.4 is 4.90 Å². The number of hydrogen-bond acceptors (Lipinski definition) is 5. The Morgan fingerprint density at radius 3 is 2.67 bits per heavy atom. The number of imide groups is 1. The minimum atomic E-state index is -0.541. The second-order valence-electron chi connectivity index (χ2n) is 7.52. The number of carbonyl (C=O) groups excluding carboxylic acids is 2. The largest absolute Gasteiger partial charge is 0.328 e. The Labute approximate surface area is 163 Å². The molecule has 2 atom stereocenters. The molecule has 1 fully saturated rings. The summed E-state index contributed by atoms with van der Waals surface area (Å²) in [5.41, 5.74) is 1.81. The summed E-state index contributed by atoms with van der Waals surface area (Å²) in [6, 6.07) is 6.65. The van der Waals surface area contributed by atoms with Gasteiger partial charge in [0.15, 0.2) is 12.2 Å². The third-order valence-corrected chi connectivity index (χ3v) is 5.24. The zero-order valence-electron chi connectivity index (χ0n) is 15.8. The van der Waals surface area contributed by atoms with Gasteiger partial charge in [-0.2, -0.15) is 0 Å². The molecule has 8 heteroatoms. The van der Waals surface area contributed by atoms with Gasteiger partial charge in [0.2, 0.25) is 5.96 Å². The van der Waals surface area contributed by atoms with Gasteiger partial charge in [0.05, 0.1) is 5.69 Å². The second-order valence-corrected chi connectivity index (χ2v) is 7.95. The molecule has 142 valence electrons. The average Bonchev–Trinajstić information content (AvgIpc) is 3.11. The smallest absolute Gasteiger partial charge is 0.302 e. The zero-order chi connectivity index (χ0) is 19.5. The maximum atomic E-state index is 13.1. The molecular weight excluding hydrogens is 366 g/mol. The lowest BCUT2D eigenvalue weighted by atomic mass is 10.1. The Kier molecular flexibility index (Phi) is 4.14. The van der Waals surface area contributed by atoms with Crippen LogP contribution in [-0.4, -0.2) is 58.4 Å². The Bertz CT molecular complexity index is 881. The van der Waals surface area contributed by atoms with Gasteiger partial charge in [0, 0.05) is 30.5 Å². The van der Waals surface area contributed by atoms with Crippen LogP contribution in [0.4, 0.5) is 10.5 Å². The molecular formula is C19H22ClN5O2. The summed E-state index contributed by atoms with van der Waals surface area (Å²) in [5.74, 6) is 0.639. The number of benzene rings is 1. The SMILES string of the molecule is CC1=CN2C(=NC3C2C(=O)N(CC(C)C)C(=O)N3C)N1c1cccc(Cl)c1. The molecule has 3 heterocycles. The first-order chi connectivity index (χ1) is 12.8. The van der Waals surface area contributed by atoms with E-state index in [4.69, 9.17) is 16.6 Å². The summed E-state index contributed by atoms with van der Waals surface area (Å²) in [6.45, 7) is 6.34. The summed E-state index contributed by atoms with van der Waals surface area (Å²) in [6.07, 6.45) is 1.38. The van der Waals surface area contributed by atoms with Crippen LogP contribution in [0.5, 0.6) is 0 Å². The Morgan fingerprint density at radius 1 is 1.26 bits per heavy atom. The minimum absolute atomic E-state index is 0.198. The Morgan fingerprint density at radius 2 is 2.00 bits per heavy atom. The number of hydrogen-bond donors (Lipinski definition) is 0. The van der Waals surface area contributed by atoms with Crippen molar-refractivity contribution in [2.75, 3.05) is 18.5 Å². The number of halogens is 1. The fourth-order valence-corrected chi connectivity index (χ4v) is 4.01. The molecule has 3 amide bonds. The van der Waals surface area contributed by atoms with Crippen molar-refractivity contribution in [2.24, 2.45) is 10.9 Å². The molecule has 0 saturated carbocycles. The molecule has 3 aliphatic heterocycles. The van der Waals surface area contributed by atoms with Gasteiger partial charge in [-0.1, -0.05) is 31.5 Å². The maximum Gasteiger partial charge on any atom is 0.328 e. The topological polar surface area (TPSA) is 59.5 Å². The summed E-state index contributed by atoms with van der Waals surface area (Å²) in [5, 5.41) is 0.626. The molecule has 27 heavy (non-hydrogen) atoms. The molecule has 2 unspecified atom stereocenters. The molecule has 0 spiro atoms. The van der Waals surface area contributed by atoms with E-state index < -0.39 is 12.2 Å². The quantitative estimate of drug-likeness (QED) is 0.800. The summed E-state index contributed by atoms with van der Waals surface area (Å²) in [7, 11) is 1.70. The first-order valence-electron chi connectivity index (χ1n) is 8.98. The lowest BCUT2D eigenvalue weighted by Gasteiger charge is -2.40. The van der Waals surface area contributed by atoms with Crippen molar-refractivity contribution in [1.29, 1.82) is 0 Å². The van der Waals surface area contributed by atoms with E-state index in [1.165, 1.54) is 4.90 Å². The number of urea groups is 1. The number of guanidine groups is 1. The lowest BCUT2D eigenvalue weighted by Crippen LogP contribution is -2.64. The monoisotopic (exact) mass is 387 g/mol. The Hall–Kier alpha value is -2.54. The summed E-state index contributed by atoms with van der Waals surface area (Å²) >= 11 is 6.16. The van der Waals surface area contributed by atoms with Crippen LogP contribution in [0.2, 0.25) is 5.02 Å². The van der Waals surface area contributed by atoms with Crippen molar-refractivity contribution in [3.05, 3.63) is 41.2 Å². The number of nitrogens with zero attached hydrogens (tertiary/aromatic N) is 5. The number of aliphatic imine (C=N–C) groups is 1. The van der Waals surface area contributed by atoms with E-state index in [0.717, 1.165) is 11.4 Å². The lowest BCUT2D eigenvalue weighted by molar-refractivity contribution is -0.137. The third kappa shape index (κ3) is 2.68.